The van der Waals surface area contributed by atoms with Gasteiger partial charge in [0.25, 0.3) is 0 Å². The summed E-state index contributed by atoms with van der Waals surface area (Å²) in [5, 5.41) is 5.74. The lowest BCUT2D eigenvalue weighted by Crippen LogP contribution is -2.22. The van der Waals surface area contributed by atoms with Gasteiger partial charge in [-0.3, -0.25) is 0 Å². The van der Waals surface area contributed by atoms with E-state index in [0.29, 0.717) is 23.0 Å². The molecular weight excluding hydrogens is 429 g/mol. The van der Waals surface area contributed by atoms with Crippen LogP contribution in [0.25, 0.3) is 0 Å². The molecule has 0 bridgehead atoms. The number of hydrogen-bond donors (Lipinski definition) is 2. The van der Waals surface area contributed by atoms with E-state index >= 15 is 0 Å². The molecule has 33 heavy (non-hydrogen) atoms. The van der Waals surface area contributed by atoms with Gasteiger partial charge >= 0.3 is 6.18 Å². The lowest BCUT2D eigenvalue weighted by molar-refractivity contribution is -0.137. The highest BCUT2D eigenvalue weighted by Crippen LogP contribution is 2.35. The van der Waals surface area contributed by atoms with E-state index in [1.165, 1.54) is 5.56 Å². The van der Waals surface area contributed by atoms with Gasteiger partial charge in [0.2, 0.25) is 5.95 Å². The number of rotatable bonds is 7. The van der Waals surface area contributed by atoms with Gasteiger partial charge in [0.15, 0.2) is 0 Å². The van der Waals surface area contributed by atoms with Crippen LogP contribution in [-0.2, 0) is 6.18 Å². The highest BCUT2D eigenvalue weighted by molar-refractivity contribution is 5.63. The van der Waals surface area contributed by atoms with Crippen LogP contribution in [0.5, 0.6) is 5.75 Å². The number of hydrogen-bond acceptors (Lipinski definition) is 5. The number of nitrogens with zero attached hydrogens (tertiary/aromatic N) is 2. The lowest BCUT2D eigenvalue weighted by atomic mass is 9.99. The van der Waals surface area contributed by atoms with Gasteiger partial charge in [0.1, 0.15) is 22.7 Å². The Kier molecular flexibility index (Phi) is 7.15. The number of ether oxygens (including phenoxy) is 1. The third-order valence-electron chi connectivity index (χ3n) is 4.98. The molecule has 0 radical (unpaired) electrons. The van der Waals surface area contributed by atoms with Crippen molar-refractivity contribution >= 4 is 23.1 Å². The Morgan fingerprint density at radius 1 is 0.909 bits per heavy atom. The molecule has 0 fully saturated rings. The summed E-state index contributed by atoms with van der Waals surface area (Å²) in [6.07, 6.45) is -2.80. The van der Waals surface area contributed by atoms with Crippen molar-refractivity contribution in [2.45, 2.75) is 58.7 Å². The lowest BCUT2D eigenvalue weighted by Gasteiger charge is -2.21. The largest absolute Gasteiger partial charge is 0.488 e. The zero-order valence-electron chi connectivity index (χ0n) is 19.4. The maximum Gasteiger partial charge on any atom is 0.421 e. The van der Waals surface area contributed by atoms with Crippen molar-refractivity contribution in [1.82, 2.24) is 9.97 Å². The molecular formula is C25H29F3N4O. The van der Waals surface area contributed by atoms with Crippen LogP contribution in [0.1, 0.15) is 58.1 Å². The molecule has 2 N–H and O–H groups in total. The number of alkyl halides is 3. The van der Waals surface area contributed by atoms with Gasteiger partial charge in [-0.2, -0.15) is 18.2 Å². The van der Waals surface area contributed by atoms with Crippen LogP contribution in [0.4, 0.5) is 36.3 Å². The van der Waals surface area contributed by atoms with E-state index in [-0.39, 0.29) is 17.4 Å². The molecule has 0 aliphatic heterocycles. The average molecular weight is 459 g/mol. The molecule has 1 atom stereocenters. The summed E-state index contributed by atoms with van der Waals surface area (Å²) < 4.78 is 46.4. The molecule has 176 valence electrons. The number of aromatic nitrogens is 2. The zero-order valence-corrected chi connectivity index (χ0v) is 19.4. The average Bonchev–Trinajstić information content (AvgIpc) is 2.73. The first-order valence-corrected chi connectivity index (χ1v) is 10.8. The monoisotopic (exact) mass is 458 g/mol. The fourth-order valence-corrected chi connectivity index (χ4v) is 3.10. The van der Waals surface area contributed by atoms with Gasteiger partial charge in [-0.1, -0.05) is 26.0 Å². The standard InChI is InChI=1S/C25H29F3N4O/c1-6-16(2)17-7-9-19(10-8-17)31-23-29-15-21(25(26,27)28)22(32-23)30-18-11-13-20(14-12-18)33-24(3,4)5/h7-16H,6H2,1-5H3,(H2,29,30,31,32). The van der Waals surface area contributed by atoms with Gasteiger partial charge in [-0.05, 0) is 75.1 Å². The predicted octanol–water partition coefficient (Wildman–Crippen LogP) is 7.67. The Bertz CT molecular complexity index is 1060. The van der Waals surface area contributed by atoms with Crippen molar-refractivity contribution in [3.63, 3.8) is 0 Å². The first-order valence-electron chi connectivity index (χ1n) is 10.8. The molecule has 8 heteroatoms. The summed E-state index contributed by atoms with van der Waals surface area (Å²) in [7, 11) is 0. The number of nitrogens with one attached hydrogen (secondary N) is 2. The second kappa shape index (κ2) is 9.68. The number of anilines is 4. The second-order valence-electron chi connectivity index (χ2n) is 8.87. The van der Waals surface area contributed by atoms with Gasteiger partial charge in [0, 0.05) is 17.6 Å². The summed E-state index contributed by atoms with van der Waals surface area (Å²) in [5.74, 6) is 0.780. The third kappa shape index (κ3) is 6.84. The first-order chi connectivity index (χ1) is 15.4. The predicted molar refractivity (Wildman–Crippen MR) is 126 cm³/mol. The maximum absolute atomic E-state index is 13.6. The quantitative estimate of drug-likeness (QED) is 0.380. The molecule has 0 spiro atoms. The topological polar surface area (TPSA) is 59.1 Å². The van der Waals surface area contributed by atoms with Gasteiger partial charge in [-0.25, -0.2) is 4.98 Å². The minimum Gasteiger partial charge on any atom is -0.488 e. The Hall–Kier alpha value is -3.29. The van der Waals surface area contributed by atoms with Gasteiger partial charge in [-0.15, -0.1) is 0 Å². The molecule has 2 aromatic carbocycles. The van der Waals surface area contributed by atoms with Crippen molar-refractivity contribution in [3.05, 3.63) is 65.9 Å². The molecule has 0 saturated carbocycles. The van der Waals surface area contributed by atoms with Crippen LogP contribution >= 0.6 is 0 Å². The number of halogens is 3. The first kappa shape index (κ1) is 24.4. The highest BCUT2D eigenvalue weighted by atomic mass is 19.4. The summed E-state index contributed by atoms with van der Waals surface area (Å²) in [4.78, 5) is 7.97. The molecule has 5 nitrogen and oxygen atoms in total. The summed E-state index contributed by atoms with van der Waals surface area (Å²) in [5.41, 5.74) is 1.01. The molecule has 0 aliphatic rings. The molecule has 1 unspecified atom stereocenters. The minimum absolute atomic E-state index is 0.0643. The van der Waals surface area contributed by atoms with E-state index in [4.69, 9.17) is 4.74 Å². The van der Waals surface area contributed by atoms with E-state index in [2.05, 4.69) is 34.4 Å². The van der Waals surface area contributed by atoms with Gasteiger partial charge < -0.3 is 15.4 Å². The Balaban J connectivity index is 1.83. The van der Waals surface area contributed by atoms with Crippen LogP contribution < -0.4 is 15.4 Å². The summed E-state index contributed by atoms with van der Waals surface area (Å²) in [6.45, 7) is 10.0. The van der Waals surface area contributed by atoms with Crippen LogP contribution in [0.15, 0.2) is 54.7 Å². The molecule has 3 rings (SSSR count). The van der Waals surface area contributed by atoms with Crippen molar-refractivity contribution in [3.8, 4) is 5.75 Å². The van der Waals surface area contributed by atoms with E-state index in [9.17, 15) is 13.2 Å². The minimum atomic E-state index is -4.60. The number of benzene rings is 2. The van der Waals surface area contributed by atoms with Crippen LogP contribution in [0.3, 0.4) is 0 Å². The molecule has 0 amide bonds. The Morgan fingerprint density at radius 3 is 2.03 bits per heavy atom. The van der Waals surface area contributed by atoms with E-state index in [1.54, 1.807) is 24.3 Å². The van der Waals surface area contributed by atoms with Crippen molar-refractivity contribution in [2.75, 3.05) is 10.6 Å². The van der Waals surface area contributed by atoms with Crippen molar-refractivity contribution in [2.24, 2.45) is 0 Å². The van der Waals surface area contributed by atoms with Crippen LogP contribution in [0, 0.1) is 0 Å². The zero-order chi connectivity index (χ0) is 24.2. The second-order valence-corrected chi connectivity index (χ2v) is 8.87. The maximum atomic E-state index is 13.6. The van der Waals surface area contributed by atoms with Crippen LogP contribution in [0.2, 0.25) is 0 Å². The van der Waals surface area contributed by atoms with Crippen molar-refractivity contribution in [1.29, 1.82) is 0 Å². The third-order valence-corrected chi connectivity index (χ3v) is 4.98. The molecule has 1 heterocycles. The normalized spacial score (nSPS) is 12.8. The van der Waals surface area contributed by atoms with E-state index < -0.39 is 11.7 Å². The van der Waals surface area contributed by atoms with Crippen molar-refractivity contribution < 1.29 is 17.9 Å². The smallest absolute Gasteiger partial charge is 0.421 e. The summed E-state index contributed by atoms with van der Waals surface area (Å²) in [6, 6.07) is 14.4. The highest BCUT2D eigenvalue weighted by Gasteiger charge is 2.35. The fraction of sp³-hybridized carbons (Fsp3) is 0.360. The molecule has 0 aliphatic carbocycles. The molecule has 3 aromatic rings. The fourth-order valence-electron chi connectivity index (χ4n) is 3.10. The Morgan fingerprint density at radius 2 is 1.48 bits per heavy atom. The summed E-state index contributed by atoms with van der Waals surface area (Å²) >= 11 is 0. The van der Waals surface area contributed by atoms with E-state index in [1.807, 2.05) is 45.0 Å². The SMILES string of the molecule is CCC(C)c1ccc(Nc2ncc(C(F)(F)F)c(Nc3ccc(OC(C)(C)C)cc3)n2)cc1. The Labute approximate surface area is 192 Å². The molecule has 1 aromatic heterocycles. The van der Waals surface area contributed by atoms with Crippen LogP contribution in [-0.4, -0.2) is 15.6 Å². The van der Waals surface area contributed by atoms with E-state index in [0.717, 1.165) is 12.6 Å². The van der Waals surface area contributed by atoms with Gasteiger partial charge in [0.05, 0.1) is 0 Å². The molecule has 0 saturated heterocycles.